The minimum Gasteiger partial charge on any atom is -0.392 e. The van der Waals surface area contributed by atoms with Gasteiger partial charge in [-0.05, 0) is 13.3 Å². The van der Waals surface area contributed by atoms with Gasteiger partial charge < -0.3 is 15.7 Å². The van der Waals surface area contributed by atoms with E-state index >= 15 is 0 Å². The molecule has 5 heteroatoms. The van der Waals surface area contributed by atoms with Gasteiger partial charge in [-0.25, -0.2) is 0 Å². The zero-order valence-corrected chi connectivity index (χ0v) is 10.2. The number of aliphatic hydroxyl groups excluding tert-OH is 1. The lowest BCUT2D eigenvalue weighted by Gasteiger charge is -2.36. The van der Waals surface area contributed by atoms with E-state index in [1.807, 2.05) is 13.8 Å². The number of hydrogen-bond acceptors (Lipinski definition) is 4. The number of carbonyl (C=O) groups is 1. The Labute approximate surface area is 97.2 Å². The Morgan fingerprint density at radius 1 is 1.62 bits per heavy atom. The molecular formula is C11H23N3O2. The van der Waals surface area contributed by atoms with Gasteiger partial charge in [-0.15, -0.1) is 0 Å². The van der Waals surface area contributed by atoms with E-state index in [9.17, 15) is 9.90 Å². The smallest absolute Gasteiger partial charge is 0.238 e. The Morgan fingerprint density at radius 2 is 2.38 bits per heavy atom. The first-order chi connectivity index (χ1) is 7.69. The summed E-state index contributed by atoms with van der Waals surface area (Å²) in [7, 11) is 0. The van der Waals surface area contributed by atoms with Crippen molar-refractivity contribution in [3.8, 4) is 0 Å². The number of likely N-dealkylation sites (N-methyl/N-ethyl adjacent to an activating group) is 1. The lowest BCUT2D eigenvalue weighted by atomic mass is 10.1. The van der Waals surface area contributed by atoms with Gasteiger partial charge in [0.15, 0.2) is 0 Å². The molecule has 1 aliphatic heterocycles. The normalized spacial score (nSPS) is 24.1. The number of aliphatic hydroxyl groups is 1. The summed E-state index contributed by atoms with van der Waals surface area (Å²) in [6, 6.07) is -0.144. The van der Waals surface area contributed by atoms with Gasteiger partial charge in [0.25, 0.3) is 0 Å². The molecule has 0 aliphatic carbocycles. The highest BCUT2D eigenvalue weighted by Crippen LogP contribution is 2.06. The predicted octanol–water partition coefficient (Wildman–Crippen LogP) is -0.833. The largest absolute Gasteiger partial charge is 0.392 e. The summed E-state index contributed by atoms with van der Waals surface area (Å²) in [6.07, 6.45) is 0.390. The Bertz CT molecular complexity index is 223. The second-order valence-corrected chi connectivity index (χ2v) is 4.17. The summed E-state index contributed by atoms with van der Waals surface area (Å²) in [5, 5.41) is 15.7. The zero-order valence-electron chi connectivity index (χ0n) is 10.2. The number of β-amino-alcohol motifs (C(OH)–C–C–N with tert-alkyl or cyclic N) is 1. The predicted molar refractivity (Wildman–Crippen MR) is 63.2 cm³/mol. The lowest BCUT2D eigenvalue weighted by molar-refractivity contribution is -0.127. The maximum Gasteiger partial charge on any atom is 0.238 e. The molecule has 0 aromatic carbocycles. The highest BCUT2D eigenvalue weighted by atomic mass is 16.3. The van der Waals surface area contributed by atoms with Crippen LogP contribution in [0.25, 0.3) is 0 Å². The van der Waals surface area contributed by atoms with Gasteiger partial charge in [0.1, 0.15) is 6.04 Å². The van der Waals surface area contributed by atoms with Crippen molar-refractivity contribution < 1.29 is 9.90 Å². The molecule has 0 aromatic rings. The number of nitrogens with one attached hydrogen (secondary N) is 2. The summed E-state index contributed by atoms with van der Waals surface area (Å²) in [6.45, 7) is 7.47. The second kappa shape index (κ2) is 6.83. The SMILES string of the molecule is CCNC(=O)C1CNCCN1CC(O)CC. The van der Waals surface area contributed by atoms with E-state index in [0.29, 0.717) is 19.6 Å². The number of nitrogens with zero attached hydrogens (tertiary/aromatic N) is 1. The molecule has 16 heavy (non-hydrogen) atoms. The van der Waals surface area contributed by atoms with E-state index in [0.717, 1.165) is 19.5 Å². The molecule has 0 radical (unpaired) electrons. The maximum absolute atomic E-state index is 11.8. The molecule has 0 spiro atoms. The summed E-state index contributed by atoms with van der Waals surface area (Å²) >= 11 is 0. The minimum atomic E-state index is -0.338. The van der Waals surface area contributed by atoms with Gasteiger partial charge in [0.05, 0.1) is 6.10 Å². The molecule has 2 atom stereocenters. The Morgan fingerprint density at radius 3 is 3.00 bits per heavy atom. The van der Waals surface area contributed by atoms with Crippen LogP contribution in [-0.2, 0) is 4.79 Å². The number of hydrogen-bond donors (Lipinski definition) is 3. The molecule has 2 unspecified atom stereocenters. The topological polar surface area (TPSA) is 64.6 Å². The van der Waals surface area contributed by atoms with E-state index in [-0.39, 0.29) is 18.1 Å². The lowest BCUT2D eigenvalue weighted by Crippen LogP contribution is -2.59. The Kier molecular flexibility index (Phi) is 5.73. The van der Waals surface area contributed by atoms with Crippen molar-refractivity contribution in [1.29, 1.82) is 0 Å². The minimum absolute atomic E-state index is 0.0537. The molecule has 1 heterocycles. The summed E-state index contributed by atoms with van der Waals surface area (Å²) < 4.78 is 0. The molecule has 1 fully saturated rings. The Hall–Kier alpha value is -0.650. The van der Waals surface area contributed by atoms with Crippen LogP contribution in [0.1, 0.15) is 20.3 Å². The van der Waals surface area contributed by atoms with Crippen LogP contribution >= 0.6 is 0 Å². The summed E-state index contributed by atoms with van der Waals surface area (Å²) in [5.74, 6) is 0.0537. The van der Waals surface area contributed by atoms with Gasteiger partial charge in [-0.3, -0.25) is 9.69 Å². The average Bonchev–Trinajstić information content (AvgIpc) is 2.30. The molecule has 1 rings (SSSR count). The van der Waals surface area contributed by atoms with Gasteiger partial charge >= 0.3 is 0 Å². The van der Waals surface area contributed by atoms with Crippen LogP contribution in [0.3, 0.4) is 0 Å². The van der Waals surface area contributed by atoms with E-state index < -0.39 is 0 Å². The van der Waals surface area contributed by atoms with Crippen LogP contribution < -0.4 is 10.6 Å². The zero-order chi connectivity index (χ0) is 12.0. The molecule has 0 bridgehead atoms. The average molecular weight is 229 g/mol. The first kappa shape index (κ1) is 13.4. The molecule has 5 nitrogen and oxygen atoms in total. The molecular weight excluding hydrogens is 206 g/mol. The van der Waals surface area contributed by atoms with Gasteiger partial charge in [-0.2, -0.15) is 0 Å². The summed E-state index contributed by atoms with van der Waals surface area (Å²) in [5.41, 5.74) is 0. The van der Waals surface area contributed by atoms with Gasteiger partial charge in [0.2, 0.25) is 5.91 Å². The van der Waals surface area contributed by atoms with E-state index in [4.69, 9.17) is 0 Å². The Balaban J connectivity index is 2.52. The van der Waals surface area contributed by atoms with Crippen LogP contribution in [0.2, 0.25) is 0 Å². The molecule has 1 saturated heterocycles. The molecule has 0 saturated carbocycles. The van der Waals surface area contributed by atoms with E-state index in [1.54, 1.807) is 0 Å². The number of amides is 1. The fraction of sp³-hybridized carbons (Fsp3) is 0.909. The first-order valence-corrected chi connectivity index (χ1v) is 6.09. The molecule has 1 amide bonds. The van der Waals surface area contributed by atoms with Crippen molar-refractivity contribution in [2.45, 2.75) is 32.4 Å². The highest BCUT2D eigenvalue weighted by molar-refractivity contribution is 5.82. The van der Waals surface area contributed by atoms with Crippen molar-refractivity contribution in [1.82, 2.24) is 15.5 Å². The number of carbonyl (C=O) groups excluding carboxylic acids is 1. The third-order valence-electron chi connectivity index (χ3n) is 2.92. The maximum atomic E-state index is 11.8. The van der Waals surface area contributed by atoms with Crippen LogP contribution in [-0.4, -0.2) is 60.8 Å². The molecule has 3 N–H and O–H groups in total. The van der Waals surface area contributed by atoms with Crippen molar-refractivity contribution in [2.24, 2.45) is 0 Å². The fourth-order valence-electron chi connectivity index (χ4n) is 1.92. The van der Waals surface area contributed by atoms with Crippen LogP contribution in [0.5, 0.6) is 0 Å². The van der Waals surface area contributed by atoms with Crippen molar-refractivity contribution in [3.05, 3.63) is 0 Å². The highest BCUT2D eigenvalue weighted by Gasteiger charge is 2.28. The monoisotopic (exact) mass is 229 g/mol. The third kappa shape index (κ3) is 3.73. The third-order valence-corrected chi connectivity index (χ3v) is 2.92. The fourth-order valence-corrected chi connectivity index (χ4v) is 1.92. The molecule has 94 valence electrons. The second-order valence-electron chi connectivity index (χ2n) is 4.17. The van der Waals surface area contributed by atoms with Crippen molar-refractivity contribution in [3.63, 3.8) is 0 Å². The number of piperazine rings is 1. The number of rotatable bonds is 5. The first-order valence-electron chi connectivity index (χ1n) is 6.09. The van der Waals surface area contributed by atoms with Crippen LogP contribution in [0, 0.1) is 0 Å². The van der Waals surface area contributed by atoms with E-state index in [1.165, 1.54) is 0 Å². The standard InChI is InChI=1S/C11H23N3O2/c1-3-9(15)8-14-6-5-12-7-10(14)11(16)13-4-2/h9-10,12,15H,3-8H2,1-2H3,(H,13,16). The van der Waals surface area contributed by atoms with Gasteiger partial charge in [-0.1, -0.05) is 6.92 Å². The van der Waals surface area contributed by atoms with Crippen molar-refractivity contribution >= 4 is 5.91 Å². The van der Waals surface area contributed by atoms with E-state index in [2.05, 4.69) is 15.5 Å². The molecule has 1 aliphatic rings. The quantitative estimate of drug-likeness (QED) is 0.575. The van der Waals surface area contributed by atoms with Crippen LogP contribution in [0.4, 0.5) is 0 Å². The summed E-state index contributed by atoms with van der Waals surface area (Å²) in [4.78, 5) is 13.9. The van der Waals surface area contributed by atoms with Gasteiger partial charge in [0, 0.05) is 32.7 Å². The van der Waals surface area contributed by atoms with Crippen molar-refractivity contribution in [2.75, 3.05) is 32.7 Å². The van der Waals surface area contributed by atoms with Crippen LogP contribution in [0.15, 0.2) is 0 Å². The molecule has 0 aromatic heterocycles.